The van der Waals surface area contributed by atoms with Gasteiger partial charge in [-0.25, -0.2) is 4.98 Å². The first-order valence-corrected chi connectivity index (χ1v) is 6.52. The van der Waals surface area contributed by atoms with Crippen molar-refractivity contribution in [3.63, 3.8) is 0 Å². The van der Waals surface area contributed by atoms with E-state index in [1.165, 1.54) is 44.3 Å². The highest BCUT2D eigenvalue weighted by atomic mass is 16.5. The molecule has 1 aliphatic heterocycles. The fourth-order valence-electron chi connectivity index (χ4n) is 3.43. The van der Waals surface area contributed by atoms with Crippen LogP contribution in [0.4, 0.5) is 0 Å². The molecule has 0 bridgehead atoms. The number of methoxy groups -OCH3 is 1. The zero-order valence-corrected chi connectivity index (χ0v) is 10.4. The van der Waals surface area contributed by atoms with Crippen molar-refractivity contribution in [1.29, 1.82) is 0 Å². The van der Waals surface area contributed by atoms with Crippen molar-refractivity contribution in [2.75, 3.05) is 20.2 Å². The quantitative estimate of drug-likeness (QED) is 0.850. The molecule has 1 aromatic rings. The highest BCUT2D eigenvalue weighted by Gasteiger charge is 2.41. The first-order valence-electron chi connectivity index (χ1n) is 6.52. The van der Waals surface area contributed by atoms with Gasteiger partial charge < -0.3 is 10.1 Å². The van der Waals surface area contributed by atoms with Crippen LogP contribution in [0.15, 0.2) is 18.3 Å². The molecule has 1 spiro atoms. The lowest BCUT2D eigenvalue weighted by Gasteiger charge is -2.21. The van der Waals surface area contributed by atoms with E-state index in [0.717, 1.165) is 0 Å². The number of aromatic nitrogens is 1. The summed E-state index contributed by atoms with van der Waals surface area (Å²) in [5.74, 6) is 1.41. The highest BCUT2D eigenvalue weighted by molar-refractivity contribution is 5.23. The van der Waals surface area contributed by atoms with Gasteiger partial charge in [-0.05, 0) is 49.1 Å². The van der Waals surface area contributed by atoms with Gasteiger partial charge in [-0.2, -0.15) is 0 Å². The summed E-state index contributed by atoms with van der Waals surface area (Å²) in [6, 6.07) is 4.16. The average molecular weight is 232 g/mol. The molecule has 1 saturated heterocycles. The Morgan fingerprint density at radius 2 is 2.35 bits per heavy atom. The van der Waals surface area contributed by atoms with Crippen molar-refractivity contribution in [2.45, 2.75) is 31.6 Å². The average Bonchev–Trinajstić information content (AvgIpc) is 3.01. The van der Waals surface area contributed by atoms with E-state index in [9.17, 15) is 0 Å². The third-order valence-electron chi connectivity index (χ3n) is 4.47. The molecule has 1 saturated carbocycles. The minimum Gasteiger partial charge on any atom is -0.481 e. The number of nitrogens with zero attached hydrogens (tertiary/aromatic N) is 1. The molecule has 92 valence electrons. The van der Waals surface area contributed by atoms with Crippen LogP contribution in [0.2, 0.25) is 0 Å². The molecule has 3 heteroatoms. The third kappa shape index (κ3) is 2.04. The summed E-state index contributed by atoms with van der Waals surface area (Å²) in [5, 5.41) is 3.51. The van der Waals surface area contributed by atoms with Crippen LogP contribution in [0.25, 0.3) is 0 Å². The first kappa shape index (κ1) is 11.0. The molecule has 2 aliphatic rings. The van der Waals surface area contributed by atoms with Gasteiger partial charge in [-0.3, -0.25) is 0 Å². The Hall–Kier alpha value is -1.09. The van der Waals surface area contributed by atoms with E-state index in [2.05, 4.69) is 16.4 Å². The first-order chi connectivity index (χ1) is 8.31. The van der Waals surface area contributed by atoms with Gasteiger partial charge in [0.1, 0.15) is 0 Å². The largest absolute Gasteiger partial charge is 0.481 e. The summed E-state index contributed by atoms with van der Waals surface area (Å²) < 4.78 is 5.10. The molecule has 17 heavy (non-hydrogen) atoms. The fraction of sp³-hybridized carbons (Fsp3) is 0.643. The normalized spacial score (nSPS) is 32.2. The van der Waals surface area contributed by atoms with Gasteiger partial charge in [0.15, 0.2) is 0 Å². The van der Waals surface area contributed by atoms with E-state index >= 15 is 0 Å². The minimum absolute atomic E-state index is 0.588. The Morgan fingerprint density at radius 3 is 3.00 bits per heavy atom. The van der Waals surface area contributed by atoms with Gasteiger partial charge in [0, 0.05) is 18.8 Å². The van der Waals surface area contributed by atoms with Gasteiger partial charge >= 0.3 is 0 Å². The molecule has 1 aliphatic carbocycles. The number of rotatable bonds is 2. The maximum atomic E-state index is 5.10. The van der Waals surface area contributed by atoms with E-state index in [0.29, 0.717) is 17.2 Å². The molecule has 1 N–H and O–H groups in total. The van der Waals surface area contributed by atoms with Crippen molar-refractivity contribution in [3.05, 3.63) is 23.9 Å². The summed E-state index contributed by atoms with van der Waals surface area (Å²) in [5.41, 5.74) is 1.97. The zero-order valence-electron chi connectivity index (χ0n) is 10.4. The summed E-state index contributed by atoms with van der Waals surface area (Å²) in [6.45, 7) is 2.42. The SMILES string of the molecule is COc1ccc(C2CCC3(CCNC3)C2)cn1. The highest BCUT2D eigenvalue weighted by Crippen LogP contribution is 2.49. The lowest BCUT2D eigenvalue weighted by molar-refractivity contribution is 0.331. The second-order valence-corrected chi connectivity index (χ2v) is 5.50. The number of hydrogen-bond acceptors (Lipinski definition) is 3. The van der Waals surface area contributed by atoms with Gasteiger partial charge in [-0.1, -0.05) is 6.07 Å². The van der Waals surface area contributed by atoms with Crippen molar-refractivity contribution in [3.8, 4) is 5.88 Å². The fourth-order valence-corrected chi connectivity index (χ4v) is 3.43. The topological polar surface area (TPSA) is 34.1 Å². The summed E-state index contributed by atoms with van der Waals surface area (Å²) in [4.78, 5) is 4.32. The Morgan fingerprint density at radius 1 is 1.41 bits per heavy atom. The number of hydrogen-bond donors (Lipinski definition) is 1. The van der Waals surface area contributed by atoms with Crippen LogP contribution >= 0.6 is 0 Å². The molecule has 2 fully saturated rings. The van der Waals surface area contributed by atoms with Crippen LogP contribution in [0.3, 0.4) is 0 Å². The second kappa shape index (κ2) is 4.30. The second-order valence-electron chi connectivity index (χ2n) is 5.50. The number of pyridine rings is 1. The molecule has 0 radical (unpaired) electrons. The van der Waals surface area contributed by atoms with Gasteiger partial charge in [0.05, 0.1) is 7.11 Å². The molecule has 2 unspecified atom stereocenters. The maximum Gasteiger partial charge on any atom is 0.212 e. The molecule has 2 atom stereocenters. The molecule has 3 rings (SSSR count). The molecule has 1 aromatic heterocycles. The van der Waals surface area contributed by atoms with E-state index in [1.54, 1.807) is 7.11 Å². The molecule has 0 amide bonds. The van der Waals surface area contributed by atoms with Crippen LogP contribution < -0.4 is 10.1 Å². The Kier molecular flexibility index (Phi) is 2.79. The van der Waals surface area contributed by atoms with Gasteiger partial charge in [0.2, 0.25) is 5.88 Å². The minimum atomic E-state index is 0.588. The zero-order chi connectivity index (χ0) is 11.7. The molecule has 0 aromatic carbocycles. The van der Waals surface area contributed by atoms with E-state index < -0.39 is 0 Å². The van der Waals surface area contributed by atoms with Crippen LogP contribution in [-0.2, 0) is 0 Å². The van der Waals surface area contributed by atoms with Crippen molar-refractivity contribution < 1.29 is 4.74 Å². The van der Waals surface area contributed by atoms with Gasteiger partial charge in [-0.15, -0.1) is 0 Å². The van der Waals surface area contributed by atoms with E-state index in [-0.39, 0.29) is 0 Å². The predicted octanol–water partition coefficient (Wildman–Crippen LogP) is 2.34. The summed E-state index contributed by atoms with van der Waals surface area (Å²) in [7, 11) is 1.66. The van der Waals surface area contributed by atoms with Crippen molar-refractivity contribution in [2.24, 2.45) is 5.41 Å². The third-order valence-corrected chi connectivity index (χ3v) is 4.47. The predicted molar refractivity (Wildman–Crippen MR) is 67.3 cm³/mol. The molecular formula is C14H20N2O. The Bertz CT molecular complexity index is 382. The van der Waals surface area contributed by atoms with Crippen LogP contribution in [0.1, 0.15) is 37.2 Å². The lowest BCUT2D eigenvalue weighted by Crippen LogP contribution is -2.20. The van der Waals surface area contributed by atoms with Crippen LogP contribution in [0, 0.1) is 5.41 Å². The maximum absolute atomic E-state index is 5.10. The van der Waals surface area contributed by atoms with Crippen molar-refractivity contribution >= 4 is 0 Å². The van der Waals surface area contributed by atoms with Crippen molar-refractivity contribution in [1.82, 2.24) is 10.3 Å². The molecule has 2 heterocycles. The van der Waals surface area contributed by atoms with Gasteiger partial charge in [0.25, 0.3) is 0 Å². The lowest BCUT2D eigenvalue weighted by atomic mass is 9.84. The monoisotopic (exact) mass is 232 g/mol. The number of nitrogens with one attached hydrogen (secondary N) is 1. The number of ether oxygens (including phenoxy) is 1. The smallest absolute Gasteiger partial charge is 0.212 e. The Labute approximate surface area is 103 Å². The van der Waals surface area contributed by atoms with E-state index in [1.807, 2.05) is 12.3 Å². The van der Waals surface area contributed by atoms with Crippen LogP contribution in [-0.4, -0.2) is 25.2 Å². The van der Waals surface area contributed by atoms with E-state index in [4.69, 9.17) is 4.74 Å². The summed E-state index contributed by atoms with van der Waals surface area (Å²) in [6.07, 6.45) is 7.36. The Balaban J connectivity index is 1.72. The molecule has 3 nitrogen and oxygen atoms in total. The molecular weight excluding hydrogens is 212 g/mol. The standard InChI is InChI=1S/C14H20N2O/c1-17-13-3-2-12(9-16-13)11-4-5-14(8-11)6-7-15-10-14/h2-3,9,11,15H,4-8,10H2,1H3. The van der Waals surface area contributed by atoms with Crippen LogP contribution in [0.5, 0.6) is 5.88 Å². The summed E-state index contributed by atoms with van der Waals surface area (Å²) >= 11 is 0.